The molecule has 2 rings (SSSR count). The number of halogens is 5. The minimum atomic E-state index is -4.77. The molecule has 0 aromatic heterocycles. The molecule has 3 N–H and O–H groups in total. The summed E-state index contributed by atoms with van der Waals surface area (Å²) in [7, 11) is 0. The van der Waals surface area contributed by atoms with Gasteiger partial charge in [-0.05, 0) is 45.8 Å². The fraction of sp³-hybridized carbons (Fsp3) is 0.133. The number of alkyl halides is 3. The van der Waals surface area contributed by atoms with Crippen LogP contribution in [0.25, 0.3) is 0 Å². The van der Waals surface area contributed by atoms with Crippen LogP contribution in [0.1, 0.15) is 22.7 Å². The third-order valence-corrected chi connectivity index (χ3v) is 3.63. The maximum atomic E-state index is 12.1. The van der Waals surface area contributed by atoms with Gasteiger partial charge in [0, 0.05) is 5.56 Å². The molecule has 0 saturated carbocycles. The van der Waals surface area contributed by atoms with Crippen LogP contribution in [0.5, 0.6) is 11.5 Å². The van der Waals surface area contributed by atoms with Gasteiger partial charge in [0.1, 0.15) is 11.5 Å². The van der Waals surface area contributed by atoms with E-state index in [2.05, 4.69) is 20.7 Å². The van der Waals surface area contributed by atoms with Crippen molar-refractivity contribution in [3.05, 3.63) is 57.6 Å². The van der Waals surface area contributed by atoms with E-state index in [-0.39, 0.29) is 35.0 Å². The molecular formula is C15H11BrClF3N2O2. The molecule has 2 aromatic rings. The number of ether oxygens (including phenoxy) is 1. The first kappa shape index (κ1) is 20.1. The van der Waals surface area contributed by atoms with Crippen molar-refractivity contribution in [2.45, 2.75) is 12.4 Å². The smallest absolute Gasteiger partial charge is 0.506 e. The zero-order valence-electron chi connectivity index (χ0n) is 11.8. The highest BCUT2D eigenvalue weighted by Crippen LogP contribution is 2.35. The van der Waals surface area contributed by atoms with Crippen molar-refractivity contribution >= 4 is 28.3 Å². The molecule has 0 heterocycles. The first-order chi connectivity index (χ1) is 10.7. The highest BCUT2D eigenvalue weighted by Gasteiger charge is 2.31. The van der Waals surface area contributed by atoms with E-state index < -0.39 is 12.4 Å². The van der Waals surface area contributed by atoms with E-state index in [0.717, 1.165) is 12.1 Å². The average Bonchev–Trinajstić information content (AvgIpc) is 2.48. The van der Waals surface area contributed by atoms with Crippen LogP contribution in [0.15, 0.2) is 40.9 Å². The van der Waals surface area contributed by atoms with E-state index >= 15 is 0 Å². The van der Waals surface area contributed by atoms with Gasteiger partial charge in [-0.2, -0.15) is 5.26 Å². The van der Waals surface area contributed by atoms with E-state index in [1.54, 1.807) is 0 Å². The number of nitriles is 1. The van der Waals surface area contributed by atoms with Gasteiger partial charge in [-0.25, -0.2) is 0 Å². The Hall–Kier alpha value is -1.95. The lowest BCUT2D eigenvalue weighted by molar-refractivity contribution is -0.274. The summed E-state index contributed by atoms with van der Waals surface area (Å²) in [6.45, 7) is 0. The summed E-state index contributed by atoms with van der Waals surface area (Å²) < 4.78 is 40.5. The van der Waals surface area contributed by atoms with Crippen LogP contribution in [-0.2, 0) is 0 Å². The first-order valence-corrected chi connectivity index (χ1v) is 7.04. The Morgan fingerprint density at radius 1 is 1.21 bits per heavy atom. The number of hydrogen-bond donors (Lipinski definition) is 2. The topological polar surface area (TPSA) is 79.3 Å². The summed E-state index contributed by atoms with van der Waals surface area (Å²) in [5.41, 5.74) is 7.06. The van der Waals surface area contributed by atoms with Crippen molar-refractivity contribution in [2.24, 2.45) is 5.73 Å². The van der Waals surface area contributed by atoms with Gasteiger partial charge in [0.15, 0.2) is 0 Å². The van der Waals surface area contributed by atoms with Gasteiger partial charge in [0.2, 0.25) is 0 Å². The number of rotatable bonds is 3. The third kappa shape index (κ3) is 4.77. The Morgan fingerprint density at radius 2 is 1.79 bits per heavy atom. The molecule has 0 bridgehead atoms. The van der Waals surface area contributed by atoms with Gasteiger partial charge in [-0.3, -0.25) is 0 Å². The van der Waals surface area contributed by atoms with Crippen LogP contribution in [0.3, 0.4) is 0 Å². The van der Waals surface area contributed by atoms with Gasteiger partial charge in [-0.15, -0.1) is 25.6 Å². The molecule has 0 radical (unpaired) electrons. The van der Waals surface area contributed by atoms with E-state index in [0.29, 0.717) is 10.0 Å². The quantitative estimate of drug-likeness (QED) is 0.767. The average molecular weight is 424 g/mol. The molecule has 0 aliphatic carbocycles. The van der Waals surface area contributed by atoms with Crippen molar-refractivity contribution in [3.63, 3.8) is 0 Å². The van der Waals surface area contributed by atoms with Crippen molar-refractivity contribution in [1.29, 1.82) is 5.26 Å². The number of phenolic OH excluding ortho intramolecular Hbond substituents is 1. The molecule has 0 aliphatic rings. The van der Waals surface area contributed by atoms with Gasteiger partial charge < -0.3 is 15.6 Å². The summed E-state index contributed by atoms with van der Waals surface area (Å²) in [6.07, 6.45) is -4.77. The van der Waals surface area contributed by atoms with Gasteiger partial charge >= 0.3 is 6.36 Å². The highest BCUT2D eigenvalue weighted by molar-refractivity contribution is 9.10. The molecule has 128 valence electrons. The SMILES string of the molecule is Cl.N#Cc1cc(Br)c(O)c([C@@H](N)c2ccc(OC(F)(F)F)cc2)c1. The Bertz CT molecular complexity index is 761. The number of hydrogen-bond acceptors (Lipinski definition) is 4. The normalized spacial score (nSPS) is 12.0. The zero-order chi connectivity index (χ0) is 17.2. The fourth-order valence-electron chi connectivity index (χ4n) is 1.98. The largest absolute Gasteiger partial charge is 0.573 e. The molecule has 4 nitrogen and oxygen atoms in total. The molecule has 2 aromatic carbocycles. The van der Waals surface area contributed by atoms with Gasteiger partial charge in [0.05, 0.1) is 22.1 Å². The van der Waals surface area contributed by atoms with Crippen LogP contribution < -0.4 is 10.5 Å². The molecule has 0 fully saturated rings. The van der Waals surface area contributed by atoms with Crippen LogP contribution in [0.4, 0.5) is 13.2 Å². The lowest BCUT2D eigenvalue weighted by Gasteiger charge is -2.16. The minimum absolute atomic E-state index is 0. The number of aromatic hydroxyl groups is 1. The van der Waals surface area contributed by atoms with Crippen LogP contribution in [0.2, 0.25) is 0 Å². The van der Waals surface area contributed by atoms with Crippen LogP contribution in [0, 0.1) is 11.3 Å². The fourth-order valence-corrected chi connectivity index (χ4v) is 2.45. The standard InChI is InChI=1S/C15H10BrF3N2O2.ClH/c16-12-6-8(7-20)5-11(14(12)22)13(21)9-1-3-10(4-2-9)23-15(17,18)19;/h1-6,13,22H,21H2;1H/t13-;/m0./s1. The van der Waals surface area contributed by atoms with E-state index in [4.69, 9.17) is 11.0 Å². The lowest BCUT2D eigenvalue weighted by Crippen LogP contribution is -2.17. The van der Waals surface area contributed by atoms with Gasteiger partial charge in [0.25, 0.3) is 0 Å². The Labute approximate surface area is 150 Å². The first-order valence-electron chi connectivity index (χ1n) is 6.25. The molecule has 0 amide bonds. The summed E-state index contributed by atoms with van der Waals surface area (Å²) in [6, 6.07) is 8.95. The maximum absolute atomic E-state index is 12.1. The maximum Gasteiger partial charge on any atom is 0.573 e. The number of nitrogens with two attached hydrogens (primary N) is 1. The number of phenols is 1. The van der Waals surface area contributed by atoms with Gasteiger partial charge in [-0.1, -0.05) is 12.1 Å². The molecule has 0 saturated heterocycles. The molecule has 0 aliphatic heterocycles. The minimum Gasteiger partial charge on any atom is -0.506 e. The number of nitrogens with zero attached hydrogens (tertiary/aromatic N) is 1. The summed E-state index contributed by atoms with van der Waals surface area (Å²) >= 11 is 3.12. The van der Waals surface area contributed by atoms with Crippen molar-refractivity contribution in [1.82, 2.24) is 0 Å². The molecule has 24 heavy (non-hydrogen) atoms. The Kier molecular flexibility index (Phi) is 6.49. The second kappa shape index (κ2) is 7.75. The summed E-state index contributed by atoms with van der Waals surface area (Å²) in [4.78, 5) is 0. The monoisotopic (exact) mass is 422 g/mol. The molecule has 9 heteroatoms. The summed E-state index contributed by atoms with van der Waals surface area (Å²) in [5, 5.41) is 19.0. The summed E-state index contributed by atoms with van der Waals surface area (Å²) in [5.74, 6) is -0.503. The lowest BCUT2D eigenvalue weighted by atomic mass is 9.97. The van der Waals surface area contributed by atoms with E-state index in [1.165, 1.54) is 24.3 Å². The predicted molar refractivity (Wildman–Crippen MR) is 86.9 cm³/mol. The zero-order valence-corrected chi connectivity index (χ0v) is 14.2. The molecule has 1 atom stereocenters. The third-order valence-electron chi connectivity index (χ3n) is 3.03. The Morgan fingerprint density at radius 3 is 2.29 bits per heavy atom. The predicted octanol–water partition coefficient (Wildman–Crippen LogP) is 4.39. The molecule has 0 unspecified atom stereocenters. The second-order valence-corrected chi connectivity index (χ2v) is 5.46. The van der Waals surface area contributed by atoms with Crippen molar-refractivity contribution < 1.29 is 23.0 Å². The number of benzene rings is 2. The Balaban J connectivity index is 0.00000288. The van der Waals surface area contributed by atoms with E-state index in [9.17, 15) is 18.3 Å². The van der Waals surface area contributed by atoms with Crippen LogP contribution >= 0.6 is 28.3 Å². The van der Waals surface area contributed by atoms with E-state index in [1.807, 2.05) is 6.07 Å². The van der Waals surface area contributed by atoms with Crippen molar-refractivity contribution in [3.8, 4) is 17.6 Å². The van der Waals surface area contributed by atoms with Crippen molar-refractivity contribution in [2.75, 3.05) is 0 Å². The molecular weight excluding hydrogens is 413 g/mol. The second-order valence-electron chi connectivity index (χ2n) is 4.60. The highest BCUT2D eigenvalue weighted by atomic mass is 79.9. The molecule has 0 spiro atoms. The van der Waals surface area contributed by atoms with Crippen LogP contribution in [-0.4, -0.2) is 11.5 Å².